The Bertz CT molecular complexity index is 711. The number of ether oxygens (including phenoxy) is 1. The third-order valence-corrected chi connectivity index (χ3v) is 4.63. The van der Waals surface area contributed by atoms with E-state index in [1.54, 1.807) is 0 Å². The molecule has 1 saturated heterocycles. The molecule has 5 nitrogen and oxygen atoms in total. The van der Waals surface area contributed by atoms with Crippen molar-refractivity contribution in [1.82, 2.24) is 14.9 Å². The zero-order valence-electron chi connectivity index (χ0n) is 14.4. The Balaban J connectivity index is 1.76. The first-order valence-corrected chi connectivity index (χ1v) is 8.41. The Hall–Kier alpha value is -2.04. The molecule has 23 heavy (non-hydrogen) atoms. The molecule has 0 atom stereocenters. The van der Waals surface area contributed by atoms with Crippen LogP contribution in [0.25, 0.3) is 11.0 Å². The number of H-pyrrole nitrogens is 1. The molecule has 1 aliphatic heterocycles. The van der Waals surface area contributed by atoms with Gasteiger partial charge in [-0.05, 0) is 26.0 Å². The molecule has 2 heterocycles. The molecular weight excluding hydrogens is 288 g/mol. The molecule has 2 aromatic rings. The van der Waals surface area contributed by atoms with Crippen LogP contribution in [0.3, 0.4) is 0 Å². The van der Waals surface area contributed by atoms with Crippen LogP contribution >= 0.6 is 0 Å². The fourth-order valence-electron chi connectivity index (χ4n) is 3.10. The van der Waals surface area contributed by atoms with Gasteiger partial charge in [0.25, 0.3) is 0 Å². The molecule has 0 saturated carbocycles. The highest BCUT2D eigenvalue weighted by molar-refractivity contribution is 5.81. The predicted molar refractivity (Wildman–Crippen MR) is 93.5 cm³/mol. The summed E-state index contributed by atoms with van der Waals surface area (Å²) in [5, 5.41) is 7.71. The SMILES string of the molecule is CC(=N)N1CCC(Oc2ccc3[nH]c(C(C)C)nc3c2C)CC1. The molecule has 0 aliphatic carbocycles. The van der Waals surface area contributed by atoms with Crippen molar-refractivity contribution >= 4 is 16.9 Å². The molecule has 1 aliphatic rings. The van der Waals surface area contributed by atoms with E-state index in [-0.39, 0.29) is 6.10 Å². The van der Waals surface area contributed by atoms with Crippen molar-refractivity contribution in [3.05, 3.63) is 23.5 Å². The number of nitrogens with zero attached hydrogens (tertiary/aromatic N) is 2. The van der Waals surface area contributed by atoms with Crippen LogP contribution in [0.1, 0.15) is 50.9 Å². The van der Waals surface area contributed by atoms with E-state index in [9.17, 15) is 0 Å². The van der Waals surface area contributed by atoms with Crippen LogP contribution in [0.4, 0.5) is 0 Å². The van der Waals surface area contributed by atoms with E-state index in [1.165, 1.54) is 0 Å². The number of aromatic amines is 1. The summed E-state index contributed by atoms with van der Waals surface area (Å²) in [6.07, 6.45) is 2.15. The van der Waals surface area contributed by atoms with E-state index in [0.717, 1.165) is 54.1 Å². The van der Waals surface area contributed by atoms with Crippen LogP contribution < -0.4 is 4.74 Å². The Morgan fingerprint density at radius 1 is 1.35 bits per heavy atom. The summed E-state index contributed by atoms with van der Waals surface area (Å²) < 4.78 is 6.24. The smallest absolute Gasteiger partial charge is 0.124 e. The molecule has 1 aromatic carbocycles. The summed E-state index contributed by atoms with van der Waals surface area (Å²) >= 11 is 0. The van der Waals surface area contributed by atoms with Crippen LogP contribution in [0.15, 0.2) is 12.1 Å². The monoisotopic (exact) mass is 314 g/mol. The number of likely N-dealkylation sites (tertiary alicyclic amines) is 1. The second kappa shape index (κ2) is 6.22. The minimum Gasteiger partial charge on any atom is -0.490 e. The summed E-state index contributed by atoms with van der Waals surface area (Å²) in [4.78, 5) is 10.2. The lowest BCUT2D eigenvalue weighted by Crippen LogP contribution is -2.40. The average molecular weight is 314 g/mol. The standard InChI is InChI=1S/C18H26N4O/c1-11(2)18-20-15-5-6-16(12(3)17(15)21-18)23-14-7-9-22(10-8-14)13(4)19/h5-6,11,14,19H,7-10H2,1-4H3,(H,20,21). The lowest BCUT2D eigenvalue weighted by atomic mass is 10.1. The molecular formula is C18H26N4O. The number of amidine groups is 1. The van der Waals surface area contributed by atoms with E-state index in [4.69, 9.17) is 15.1 Å². The van der Waals surface area contributed by atoms with Gasteiger partial charge in [-0.25, -0.2) is 4.98 Å². The van der Waals surface area contributed by atoms with Crippen molar-refractivity contribution < 1.29 is 4.74 Å². The molecule has 2 N–H and O–H groups in total. The van der Waals surface area contributed by atoms with Crippen LogP contribution in [-0.4, -0.2) is 39.9 Å². The van der Waals surface area contributed by atoms with E-state index < -0.39 is 0 Å². The molecule has 124 valence electrons. The van der Waals surface area contributed by atoms with Crippen LogP contribution in [0.5, 0.6) is 5.75 Å². The van der Waals surface area contributed by atoms with Gasteiger partial charge in [0.15, 0.2) is 0 Å². The van der Waals surface area contributed by atoms with Crippen molar-refractivity contribution in [2.45, 2.75) is 52.6 Å². The predicted octanol–water partition coefficient (Wildman–Crippen LogP) is 3.84. The van der Waals surface area contributed by atoms with Gasteiger partial charge >= 0.3 is 0 Å². The number of nitrogens with one attached hydrogen (secondary N) is 2. The lowest BCUT2D eigenvalue weighted by Gasteiger charge is -2.33. The maximum atomic E-state index is 7.71. The Morgan fingerprint density at radius 2 is 2.04 bits per heavy atom. The van der Waals surface area contributed by atoms with Gasteiger partial charge in [0.2, 0.25) is 0 Å². The Kier molecular flexibility index (Phi) is 4.28. The number of rotatable bonds is 3. The summed E-state index contributed by atoms with van der Waals surface area (Å²) in [5.41, 5.74) is 3.20. The van der Waals surface area contributed by atoms with Crippen molar-refractivity contribution in [2.24, 2.45) is 0 Å². The van der Waals surface area contributed by atoms with Crippen LogP contribution in [0.2, 0.25) is 0 Å². The zero-order valence-corrected chi connectivity index (χ0v) is 14.4. The number of aryl methyl sites for hydroxylation is 1. The highest BCUT2D eigenvalue weighted by atomic mass is 16.5. The lowest BCUT2D eigenvalue weighted by molar-refractivity contribution is 0.130. The number of fused-ring (bicyclic) bond motifs is 1. The molecule has 0 spiro atoms. The largest absolute Gasteiger partial charge is 0.490 e. The second-order valence-electron chi connectivity index (χ2n) is 6.75. The molecule has 3 rings (SSSR count). The molecule has 0 radical (unpaired) electrons. The minimum absolute atomic E-state index is 0.227. The maximum absolute atomic E-state index is 7.71. The first kappa shape index (κ1) is 15.8. The average Bonchev–Trinajstić information content (AvgIpc) is 2.96. The van der Waals surface area contributed by atoms with Gasteiger partial charge in [0.1, 0.15) is 17.7 Å². The van der Waals surface area contributed by atoms with Gasteiger partial charge in [-0.3, -0.25) is 5.41 Å². The van der Waals surface area contributed by atoms with Gasteiger partial charge in [-0.2, -0.15) is 0 Å². The van der Waals surface area contributed by atoms with E-state index in [0.29, 0.717) is 11.8 Å². The quantitative estimate of drug-likeness (QED) is 0.668. The van der Waals surface area contributed by atoms with Crippen molar-refractivity contribution in [2.75, 3.05) is 13.1 Å². The van der Waals surface area contributed by atoms with Gasteiger partial charge in [0, 0.05) is 37.4 Å². The molecule has 0 amide bonds. The number of hydrogen-bond acceptors (Lipinski definition) is 3. The van der Waals surface area contributed by atoms with Crippen LogP contribution in [-0.2, 0) is 0 Å². The first-order chi connectivity index (χ1) is 11.0. The van der Waals surface area contributed by atoms with E-state index >= 15 is 0 Å². The maximum Gasteiger partial charge on any atom is 0.124 e. The Morgan fingerprint density at radius 3 is 2.65 bits per heavy atom. The number of benzene rings is 1. The second-order valence-corrected chi connectivity index (χ2v) is 6.75. The Labute approximate surface area is 137 Å². The number of hydrogen-bond donors (Lipinski definition) is 2. The van der Waals surface area contributed by atoms with Crippen molar-refractivity contribution in [3.63, 3.8) is 0 Å². The van der Waals surface area contributed by atoms with Gasteiger partial charge in [0.05, 0.1) is 16.9 Å². The first-order valence-electron chi connectivity index (χ1n) is 8.41. The topological polar surface area (TPSA) is 65.0 Å². The summed E-state index contributed by atoms with van der Waals surface area (Å²) in [6.45, 7) is 10.0. The molecule has 1 fully saturated rings. The fourth-order valence-corrected chi connectivity index (χ4v) is 3.10. The molecule has 5 heteroatoms. The normalized spacial score (nSPS) is 16.3. The molecule has 0 bridgehead atoms. The van der Waals surface area contributed by atoms with Crippen molar-refractivity contribution in [1.29, 1.82) is 5.41 Å². The zero-order chi connectivity index (χ0) is 16.6. The highest BCUT2D eigenvalue weighted by Crippen LogP contribution is 2.29. The number of piperidine rings is 1. The van der Waals surface area contributed by atoms with Gasteiger partial charge < -0.3 is 14.6 Å². The third kappa shape index (κ3) is 3.19. The minimum atomic E-state index is 0.227. The summed E-state index contributed by atoms with van der Waals surface area (Å²) in [7, 11) is 0. The molecule has 1 aromatic heterocycles. The summed E-state index contributed by atoms with van der Waals surface area (Å²) in [6, 6.07) is 4.11. The number of aromatic nitrogens is 2. The molecule has 0 unspecified atom stereocenters. The van der Waals surface area contributed by atoms with E-state index in [1.807, 2.05) is 13.0 Å². The van der Waals surface area contributed by atoms with Gasteiger partial charge in [-0.15, -0.1) is 0 Å². The van der Waals surface area contributed by atoms with Crippen molar-refractivity contribution in [3.8, 4) is 5.75 Å². The third-order valence-electron chi connectivity index (χ3n) is 4.63. The number of imidazole rings is 1. The summed E-state index contributed by atoms with van der Waals surface area (Å²) in [5.74, 6) is 3.00. The van der Waals surface area contributed by atoms with E-state index in [2.05, 4.69) is 36.7 Å². The fraction of sp³-hybridized carbons (Fsp3) is 0.556. The van der Waals surface area contributed by atoms with Gasteiger partial charge in [-0.1, -0.05) is 13.8 Å². The van der Waals surface area contributed by atoms with Crippen LogP contribution in [0, 0.1) is 12.3 Å². The highest BCUT2D eigenvalue weighted by Gasteiger charge is 2.22.